The first-order chi connectivity index (χ1) is 7.05. The molecular formula is C12H24O3. The maximum atomic E-state index is 11.5. The standard InChI is InChI=1S/C12H24O3/c1-5-8-9-12(14,7-3)10(6-2)11(13)15-4/h10,14H,5-9H2,1-4H3. The van der Waals surface area contributed by atoms with Crippen LogP contribution in [0.2, 0.25) is 0 Å². The van der Waals surface area contributed by atoms with E-state index in [0.717, 1.165) is 12.8 Å². The van der Waals surface area contributed by atoms with Crippen molar-refractivity contribution in [1.82, 2.24) is 0 Å². The number of rotatable bonds is 7. The second-order valence-corrected chi connectivity index (χ2v) is 4.04. The molecule has 90 valence electrons. The smallest absolute Gasteiger partial charge is 0.311 e. The third-order valence-corrected chi connectivity index (χ3v) is 3.12. The van der Waals surface area contributed by atoms with Crippen LogP contribution >= 0.6 is 0 Å². The van der Waals surface area contributed by atoms with Crippen molar-refractivity contribution < 1.29 is 14.6 Å². The second kappa shape index (κ2) is 6.83. The highest BCUT2D eigenvalue weighted by atomic mass is 16.5. The van der Waals surface area contributed by atoms with Gasteiger partial charge < -0.3 is 9.84 Å². The van der Waals surface area contributed by atoms with Gasteiger partial charge in [0, 0.05) is 0 Å². The van der Waals surface area contributed by atoms with Crippen molar-refractivity contribution in [3.8, 4) is 0 Å². The molecule has 0 aliphatic carbocycles. The van der Waals surface area contributed by atoms with Crippen molar-refractivity contribution >= 4 is 5.97 Å². The van der Waals surface area contributed by atoms with Gasteiger partial charge in [0.05, 0.1) is 18.6 Å². The molecule has 0 bridgehead atoms. The van der Waals surface area contributed by atoms with Crippen LogP contribution < -0.4 is 0 Å². The number of esters is 1. The Kier molecular flexibility index (Phi) is 6.57. The number of methoxy groups -OCH3 is 1. The molecule has 15 heavy (non-hydrogen) atoms. The van der Waals surface area contributed by atoms with Crippen LogP contribution in [0, 0.1) is 5.92 Å². The molecule has 2 atom stereocenters. The van der Waals surface area contributed by atoms with Gasteiger partial charge in [0.25, 0.3) is 0 Å². The van der Waals surface area contributed by atoms with Crippen LogP contribution in [-0.2, 0) is 9.53 Å². The molecule has 0 radical (unpaired) electrons. The van der Waals surface area contributed by atoms with E-state index in [4.69, 9.17) is 4.74 Å². The zero-order valence-corrected chi connectivity index (χ0v) is 10.4. The average Bonchev–Trinajstić information content (AvgIpc) is 2.26. The molecule has 0 aromatic carbocycles. The fourth-order valence-electron chi connectivity index (χ4n) is 1.99. The fraction of sp³-hybridized carbons (Fsp3) is 0.917. The molecule has 0 saturated heterocycles. The number of unbranched alkanes of at least 4 members (excludes halogenated alkanes) is 1. The van der Waals surface area contributed by atoms with E-state index in [1.165, 1.54) is 7.11 Å². The largest absolute Gasteiger partial charge is 0.469 e. The number of hydrogen-bond donors (Lipinski definition) is 1. The summed E-state index contributed by atoms with van der Waals surface area (Å²) in [6, 6.07) is 0. The van der Waals surface area contributed by atoms with Crippen molar-refractivity contribution in [2.45, 2.75) is 58.5 Å². The van der Waals surface area contributed by atoms with Crippen molar-refractivity contribution in [1.29, 1.82) is 0 Å². The lowest BCUT2D eigenvalue weighted by molar-refractivity contribution is -0.157. The zero-order valence-electron chi connectivity index (χ0n) is 10.4. The van der Waals surface area contributed by atoms with Gasteiger partial charge in [0.2, 0.25) is 0 Å². The van der Waals surface area contributed by atoms with E-state index in [1.54, 1.807) is 0 Å². The maximum absolute atomic E-state index is 11.5. The second-order valence-electron chi connectivity index (χ2n) is 4.04. The summed E-state index contributed by atoms with van der Waals surface area (Å²) in [7, 11) is 1.38. The van der Waals surface area contributed by atoms with Gasteiger partial charge in [-0.3, -0.25) is 4.79 Å². The van der Waals surface area contributed by atoms with Gasteiger partial charge in [-0.1, -0.05) is 33.6 Å². The van der Waals surface area contributed by atoms with Crippen LogP contribution in [-0.4, -0.2) is 23.8 Å². The highest BCUT2D eigenvalue weighted by Gasteiger charge is 2.38. The van der Waals surface area contributed by atoms with Crippen LogP contribution in [0.1, 0.15) is 52.9 Å². The molecule has 0 saturated carbocycles. The molecule has 0 fully saturated rings. The first-order valence-corrected chi connectivity index (χ1v) is 5.85. The zero-order chi connectivity index (χ0) is 11.9. The van der Waals surface area contributed by atoms with Gasteiger partial charge >= 0.3 is 5.97 Å². The topological polar surface area (TPSA) is 46.5 Å². The number of aliphatic hydroxyl groups is 1. The van der Waals surface area contributed by atoms with E-state index < -0.39 is 5.60 Å². The number of carbonyl (C=O) groups is 1. The minimum Gasteiger partial charge on any atom is -0.469 e. The molecule has 3 heteroatoms. The Morgan fingerprint density at radius 1 is 1.40 bits per heavy atom. The maximum Gasteiger partial charge on any atom is 0.311 e. The fourth-order valence-corrected chi connectivity index (χ4v) is 1.99. The highest BCUT2D eigenvalue weighted by Crippen LogP contribution is 2.30. The van der Waals surface area contributed by atoms with E-state index in [-0.39, 0.29) is 11.9 Å². The van der Waals surface area contributed by atoms with Crippen LogP contribution in [0.25, 0.3) is 0 Å². The molecule has 0 spiro atoms. The van der Waals surface area contributed by atoms with E-state index in [9.17, 15) is 9.90 Å². The molecule has 0 aliphatic heterocycles. The third kappa shape index (κ3) is 3.82. The first kappa shape index (κ1) is 14.4. The predicted molar refractivity (Wildman–Crippen MR) is 60.6 cm³/mol. The molecule has 0 amide bonds. The van der Waals surface area contributed by atoms with Gasteiger partial charge in [0.1, 0.15) is 0 Å². The van der Waals surface area contributed by atoms with E-state index in [1.807, 2.05) is 13.8 Å². The SMILES string of the molecule is CCCCC(O)(CC)C(CC)C(=O)OC. The van der Waals surface area contributed by atoms with Gasteiger partial charge in [-0.05, 0) is 19.3 Å². The summed E-state index contributed by atoms with van der Waals surface area (Å²) < 4.78 is 4.73. The summed E-state index contributed by atoms with van der Waals surface area (Å²) in [6.07, 6.45) is 3.87. The van der Waals surface area contributed by atoms with Gasteiger partial charge in [-0.25, -0.2) is 0 Å². The Hall–Kier alpha value is -0.570. The van der Waals surface area contributed by atoms with Gasteiger partial charge in [0.15, 0.2) is 0 Å². The first-order valence-electron chi connectivity index (χ1n) is 5.85. The molecule has 0 aromatic rings. The van der Waals surface area contributed by atoms with Crippen LogP contribution in [0.15, 0.2) is 0 Å². The normalized spacial score (nSPS) is 16.9. The molecule has 0 heterocycles. The van der Waals surface area contributed by atoms with Crippen molar-refractivity contribution in [2.24, 2.45) is 5.92 Å². The summed E-state index contributed by atoms with van der Waals surface area (Å²) in [5.41, 5.74) is -0.891. The average molecular weight is 216 g/mol. The number of carbonyl (C=O) groups excluding carboxylic acids is 1. The Morgan fingerprint density at radius 2 is 2.00 bits per heavy atom. The molecule has 0 rings (SSSR count). The molecule has 0 aliphatic rings. The molecule has 0 aromatic heterocycles. The quantitative estimate of drug-likeness (QED) is 0.665. The summed E-state index contributed by atoms with van der Waals surface area (Å²) in [5.74, 6) is -0.683. The minimum atomic E-state index is -0.891. The Bertz CT molecular complexity index is 191. The van der Waals surface area contributed by atoms with Gasteiger partial charge in [-0.2, -0.15) is 0 Å². The lowest BCUT2D eigenvalue weighted by Gasteiger charge is -2.33. The lowest BCUT2D eigenvalue weighted by atomic mass is 9.79. The summed E-state index contributed by atoms with van der Waals surface area (Å²) in [5, 5.41) is 10.4. The predicted octanol–water partition coefficient (Wildman–Crippen LogP) is 2.52. The summed E-state index contributed by atoms with van der Waals surface area (Å²) in [6.45, 7) is 5.91. The molecular weight excluding hydrogens is 192 g/mol. The molecule has 2 unspecified atom stereocenters. The van der Waals surface area contributed by atoms with E-state index in [0.29, 0.717) is 19.3 Å². The minimum absolute atomic E-state index is 0.294. The lowest BCUT2D eigenvalue weighted by Crippen LogP contribution is -2.42. The van der Waals surface area contributed by atoms with Gasteiger partial charge in [-0.15, -0.1) is 0 Å². The van der Waals surface area contributed by atoms with Crippen molar-refractivity contribution in [3.63, 3.8) is 0 Å². The van der Waals surface area contributed by atoms with Crippen molar-refractivity contribution in [3.05, 3.63) is 0 Å². The van der Waals surface area contributed by atoms with Crippen LogP contribution in [0.3, 0.4) is 0 Å². The van der Waals surface area contributed by atoms with Crippen LogP contribution in [0.5, 0.6) is 0 Å². The number of hydrogen-bond acceptors (Lipinski definition) is 3. The Labute approximate surface area is 92.8 Å². The Balaban J connectivity index is 4.63. The van der Waals surface area contributed by atoms with Crippen LogP contribution in [0.4, 0.5) is 0 Å². The molecule has 1 N–H and O–H groups in total. The Morgan fingerprint density at radius 3 is 2.33 bits per heavy atom. The van der Waals surface area contributed by atoms with E-state index in [2.05, 4.69) is 6.92 Å². The number of ether oxygens (including phenoxy) is 1. The highest BCUT2D eigenvalue weighted by molar-refractivity contribution is 5.73. The third-order valence-electron chi connectivity index (χ3n) is 3.12. The summed E-state index contributed by atoms with van der Waals surface area (Å²) in [4.78, 5) is 11.5. The molecule has 3 nitrogen and oxygen atoms in total. The summed E-state index contributed by atoms with van der Waals surface area (Å²) >= 11 is 0. The monoisotopic (exact) mass is 216 g/mol. The van der Waals surface area contributed by atoms with Crippen molar-refractivity contribution in [2.75, 3.05) is 7.11 Å². The van der Waals surface area contributed by atoms with E-state index >= 15 is 0 Å².